The predicted octanol–water partition coefficient (Wildman–Crippen LogP) is 1.26. The van der Waals surface area contributed by atoms with Gasteiger partial charge in [0.15, 0.2) is 0 Å². The molecule has 0 radical (unpaired) electrons. The monoisotopic (exact) mass is 295 g/mol. The van der Waals surface area contributed by atoms with E-state index in [9.17, 15) is 9.59 Å². The Labute approximate surface area is 125 Å². The zero-order valence-electron chi connectivity index (χ0n) is 12.5. The van der Waals surface area contributed by atoms with E-state index < -0.39 is 11.5 Å². The molecule has 2 saturated heterocycles. The molecule has 1 aliphatic carbocycles. The molecule has 118 valence electrons. The first-order chi connectivity index (χ1) is 10.1. The summed E-state index contributed by atoms with van der Waals surface area (Å²) >= 11 is 0. The number of aliphatic carboxylic acids is 1. The number of nitrogens with zero attached hydrogens (tertiary/aromatic N) is 2. The van der Waals surface area contributed by atoms with Gasteiger partial charge in [-0.25, -0.2) is 4.79 Å². The number of rotatable bonds is 4. The van der Waals surface area contributed by atoms with E-state index in [1.54, 1.807) is 0 Å². The molecule has 6 heteroatoms. The predicted molar refractivity (Wildman–Crippen MR) is 78.2 cm³/mol. The van der Waals surface area contributed by atoms with Gasteiger partial charge in [-0.05, 0) is 51.6 Å². The summed E-state index contributed by atoms with van der Waals surface area (Å²) in [6.45, 7) is 3.89. The third kappa shape index (κ3) is 3.15. The Kier molecular flexibility index (Phi) is 4.06. The molecule has 0 bridgehead atoms. The number of carbonyl (C=O) groups is 2. The van der Waals surface area contributed by atoms with Gasteiger partial charge in [0.05, 0.1) is 12.0 Å². The molecule has 3 fully saturated rings. The van der Waals surface area contributed by atoms with Gasteiger partial charge in [-0.2, -0.15) is 0 Å². The molecule has 0 aromatic carbocycles. The van der Waals surface area contributed by atoms with E-state index in [0.29, 0.717) is 6.04 Å². The summed E-state index contributed by atoms with van der Waals surface area (Å²) in [5, 5.41) is 12.0. The van der Waals surface area contributed by atoms with Gasteiger partial charge in [-0.1, -0.05) is 0 Å². The lowest BCUT2D eigenvalue weighted by Crippen LogP contribution is -2.57. The maximum absolute atomic E-state index is 12.4. The van der Waals surface area contributed by atoms with Gasteiger partial charge in [0.2, 0.25) is 0 Å². The number of hydrogen-bond acceptors (Lipinski definition) is 3. The summed E-state index contributed by atoms with van der Waals surface area (Å²) in [6.07, 6.45) is 6.20. The Morgan fingerprint density at radius 3 is 2.43 bits per heavy atom. The Bertz CT molecular complexity index is 416. The van der Waals surface area contributed by atoms with Crippen LogP contribution >= 0.6 is 0 Å². The van der Waals surface area contributed by atoms with Crippen LogP contribution in [0.3, 0.4) is 0 Å². The van der Waals surface area contributed by atoms with Crippen LogP contribution in [-0.2, 0) is 4.79 Å². The molecule has 6 nitrogen and oxygen atoms in total. The standard InChI is InChI=1S/C15H25N3O3/c19-13(20)10-15(5-3-6-15)16-14(21)18-9-4-12(11-18)17-7-1-2-8-17/h12H,1-11H2,(H,16,21)(H,19,20). The van der Waals surface area contributed by atoms with E-state index in [-0.39, 0.29) is 12.5 Å². The van der Waals surface area contributed by atoms with Gasteiger partial charge in [-0.3, -0.25) is 9.69 Å². The minimum Gasteiger partial charge on any atom is -0.481 e. The zero-order valence-corrected chi connectivity index (χ0v) is 12.5. The van der Waals surface area contributed by atoms with Crippen molar-refractivity contribution < 1.29 is 14.7 Å². The minimum atomic E-state index is -0.827. The summed E-state index contributed by atoms with van der Waals surface area (Å²) in [4.78, 5) is 27.7. The van der Waals surface area contributed by atoms with Gasteiger partial charge in [-0.15, -0.1) is 0 Å². The number of amides is 2. The van der Waals surface area contributed by atoms with Crippen LogP contribution in [-0.4, -0.2) is 64.7 Å². The topological polar surface area (TPSA) is 72.9 Å². The number of likely N-dealkylation sites (tertiary alicyclic amines) is 2. The van der Waals surface area contributed by atoms with Crippen molar-refractivity contribution in [2.45, 2.75) is 56.5 Å². The highest BCUT2D eigenvalue weighted by Crippen LogP contribution is 2.35. The van der Waals surface area contributed by atoms with Gasteiger partial charge in [0, 0.05) is 19.1 Å². The van der Waals surface area contributed by atoms with Crippen molar-refractivity contribution in [2.24, 2.45) is 0 Å². The molecule has 0 aromatic rings. The van der Waals surface area contributed by atoms with E-state index in [4.69, 9.17) is 5.11 Å². The van der Waals surface area contributed by atoms with E-state index in [1.165, 1.54) is 12.8 Å². The minimum absolute atomic E-state index is 0.0438. The number of hydrogen-bond donors (Lipinski definition) is 2. The first-order valence-corrected chi connectivity index (χ1v) is 8.11. The van der Waals surface area contributed by atoms with Crippen molar-refractivity contribution in [1.82, 2.24) is 15.1 Å². The van der Waals surface area contributed by atoms with Gasteiger partial charge in [0.1, 0.15) is 0 Å². The number of carbonyl (C=O) groups excluding carboxylic acids is 1. The molecular formula is C15H25N3O3. The molecule has 3 aliphatic rings. The Balaban J connectivity index is 1.52. The molecule has 21 heavy (non-hydrogen) atoms. The van der Waals surface area contributed by atoms with Crippen molar-refractivity contribution in [3.63, 3.8) is 0 Å². The van der Waals surface area contributed by atoms with Crippen molar-refractivity contribution in [1.29, 1.82) is 0 Å². The summed E-state index contributed by atoms with van der Waals surface area (Å²) in [6, 6.07) is 0.424. The van der Waals surface area contributed by atoms with Crippen LogP contribution < -0.4 is 5.32 Å². The maximum atomic E-state index is 12.4. The molecule has 1 unspecified atom stereocenters. The quantitative estimate of drug-likeness (QED) is 0.819. The largest absolute Gasteiger partial charge is 0.481 e. The number of urea groups is 1. The smallest absolute Gasteiger partial charge is 0.317 e. The van der Waals surface area contributed by atoms with Crippen molar-refractivity contribution in [3.05, 3.63) is 0 Å². The summed E-state index contributed by atoms with van der Waals surface area (Å²) in [5.41, 5.74) is -0.491. The van der Waals surface area contributed by atoms with E-state index >= 15 is 0 Å². The average molecular weight is 295 g/mol. The van der Waals surface area contributed by atoms with E-state index in [2.05, 4.69) is 10.2 Å². The molecule has 2 amide bonds. The molecule has 0 aromatic heterocycles. The maximum Gasteiger partial charge on any atom is 0.317 e. The summed E-state index contributed by atoms with van der Waals surface area (Å²) in [7, 11) is 0. The zero-order chi connectivity index (χ0) is 14.9. The highest BCUT2D eigenvalue weighted by molar-refractivity contribution is 5.77. The average Bonchev–Trinajstić information content (AvgIpc) is 3.05. The van der Waals surface area contributed by atoms with Crippen LogP contribution in [0.2, 0.25) is 0 Å². The fourth-order valence-corrected chi connectivity index (χ4v) is 3.88. The first kappa shape index (κ1) is 14.6. The van der Waals surface area contributed by atoms with Gasteiger partial charge >= 0.3 is 12.0 Å². The molecule has 0 spiro atoms. The van der Waals surface area contributed by atoms with Crippen LogP contribution in [0.25, 0.3) is 0 Å². The lowest BCUT2D eigenvalue weighted by atomic mass is 9.74. The van der Waals surface area contributed by atoms with Crippen LogP contribution in [0.5, 0.6) is 0 Å². The van der Waals surface area contributed by atoms with Crippen molar-refractivity contribution >= 4 is 12.0 Å². The van der Waals surface area contributed by atoms with E-state index in [0.717, 1.165) is 51.9 Å². The number of carboxylic acid groups (broad SMARTS) is 1. The second-order valence-electron chi connectivity index (χ2n) is 6.77. The third-order valence-corrected chi connectivity index (χ3v) is 5.28. The Hall–Kier alpha value is -1.30. The first-order valence-electron chi connectivity index (χ1n) is 8.11. The van der Waals surface area contributed by atoms with Crippen LogP contribution in [0.1, 0.15) is 44.9 Å². The molecule has 3 rings (SSSR count). The van der Waals surface area contributed by atoms with E-state index in [1.807, 2.05) is 4.90 Å². The summed E-state index contributed by atoms with van der Waals surface area (Å²) < 4.78 is 0. The van der Waals surface area contributed by atoms with Crippen LogP contribution in [0, 0.1) is 0 Å². The van der Waals surface area contributed by atoms with Crippen LogP contribution in [0.15, 0.2) is 0 Å². The van der Waals surface area contributed by atoms with Gasteiger partial charge < -0.3 is 15.3 Å². The third-order valence-electron chi connectivity index (χ3n) is 5.28. The second-order valence-corrected chi connectivity index (χ2v) is 6.77. The van der Waals surface area contributed by atoms with Crippen LogP contribution in [0.4, 0.5) is 4.79 Å². The highest BCUT2D eigenvalue weighted by atomic mass is 16.4. The number of carboxylic acids is 1. The van der Waals surface area contributed by atoms with Gasteiger partial charge in [0.25, 0.3) is 0 Å². The lowest BCUT2D eigenvalue weighted by Gasteiger charge is -2.42. The normalized spacial score (nSPS) is 28.4. The highest BCUT2D eigenvalue weighted by Gasteiger charge is 2.42. The molecule has 2 heterocycles. The lowest BCUT2D eigenvalue weighted by molar-refractivity contribution is -0.139. The Morgan fingerprint density at radius 2 is 1.86 bits per heavy atom. The SMILES string of the molecule is O=C(O)CC1(NC(=O)N2CCC(N3CCCC3)C2)CCC1. The fraction of sp³-hybridized carbons (Fsp3) is 0.867. The fourth-order valence-electron chi connectivity index (χ4n) is 3.88. The van der Waals surface area contributed by atoms with Crippen molar-refractivity contribution in [3.8, 4) is 0 Å². The van der Waals surface area contributed by atoms with Crippen molar-refractivity contribution in [2.75, 3.05) is 26.2 Å². The Morgan fingerprint density at radius 1 is 1.14 bits per heavy atom. The molecule has 2 aliphatic heterocycles. The molecule has 1 saturated carbocycles. The molecule has 2 N–H and O–H groups in total. The second kappa shape index (κ2) is 5.83. The summed E-state index contributed by atoms with van der Waals surface area (Å²) in [5.74, 6) is -0.827. The number of nitrogens with one attached hydrogen (secondary N) is 1. The molecular weight excluding hydrogens is 270 g/mol. The molecule has 1 atom stereocenters.